The lowest BCUT2D eigenvalue weighted by atomic mass is 10.1. The van der Waals surface area contributed by atoms with Gasteiger partial charge in [-0.1, -0.05) is 17.7 Å². The van der Waals surface area contributed by atoms with Crippen molar-refractivity contribution in [3.63, 3.8) is 0 Å². The third kappa shape index (κ3) is 4.87. The number of halogens is 5. The van der Waals surface area contributed by atoms with Crippen LogP contribution in [0.4, 0.5) is 29.2 Å². The highest BCUT2D eigenvalue weighted by Gasteiger charge is 2.35. The average Bonchev–Trinajstić information content (AvgIpc) is 2.70. The Labute approximate surface area is 190 Å². The van der Waals surface area contributed by atoms with Gasteiger partial charge in [-0.25, -0.2) is 14.4 Å². The SMILES string of the molecule is O=S(=O)(Nc1ccc(C(F)(F)F)c(-c2ccc(F)cc2Cl)n1)c1cccc(N2CC(O)C2)n1. The zero-order valence-corrected chi connectivity index (χ0v) is 18.1. The second-order valence-electron chi connectivity index (χ2n) is 7.21. The van der Waals surface area contributed by atoms with E-state index in [1.807, 2.05) is 0 Å². The average molecular weight is 503 g/mol. The van der Waals surface area contributed by atoms with E-state index < -0.39 is 45.2 Å². The fourth-order valence-electron chi connectivity index (χ4n) is 3.19. The first-order valence-electron chi connectivity index (χ1n) is 9.40. The van der Waals surface area contributed by atoms with E-state index in [-0.39, 0.29) is 15.6 Å². The van der Waals surface area contributed by atoms with Gasteiger partial charge >= 0.3 is 6.18 Å². The van der Waals surface area contributed by atoms with Crippen LogP contribution >= 0.6 is 11.6 Å². The zero-order valence-electron chi connectivity index (χ0n) is 16.5. The molecule has 13 heteroatoms. The third-order valence-corrected chi connectivity index (χ3v) is 6.36. The maximum atomic E-state index is 13.5. The number of benzene rings is 1. The Morgan fingerprint density at radius 2 is 1.82 bits per heavy atom. The van der Waals surface area contributed by atoms with E-state index in [4.69, 9.17) is 11.6 Å². The van der Waals surface area contributed by atoms with Gasteiger partial charge in [0, 0.05) is 18.7 Å². The Balaban J connectivity index is 1.70. The van der Waals surface area contributed by atoms with Crippen LogP contribution in [0.25, 0.3) is 11.3 Å². The molecule has 7 nitrogen and oxygen atoms in total. The summed E-state index contributed by atoms with van der Waals surface area (Å²) in [4.78, 5) is 9.53. The van der Waals surface area contributed by atoms with E-state index in [0.717, 1.165) is 24.3 Å². The fourth-order valence-corrected chi connectivity index (χ4v) is 4.42. The minimum atomic E-state index is -4.82. The predicted molar refractivity (Wildman–Crippen MR) is 113 cm³/mol. The van der Waals surface area contributed by atoms with Crippen molar-refractivity contribution >= 4 is 33.3 Å². The van der Waals surface area contributed by atoms with Crippen LogP contribution in [0.5, 0.6) is 0 Å². The van der Waals surface area contributed by atoms with E-state index in [1.54, 1.807) is 11.0 Å². The summed E-state index contributed by atoms with van der Waals surface area (Å²) in [5.74, 6) is -0.845. The molecule has 3 aromatic rings. The van der Waals surface area contributed by atoms with Gasteiger partial charge in [-0.2, -0.15) is 21.6 Å². The smallest absolute Gasteiger partial charge is 0.389 e. The Kier molecular flexibility index (Phi) is 5.93. The number of aromatic nitrogens is 2. The predicted octanol–water partition coefficient (Wildman–Crippen LogP) is 3.94. The topological polar surface area (TPSA) is 95.4 Å². The molecule has 1 aromatic carbocycles. The van der Waals surface area contributed by atoms with Crippen molar-refractivity contribution in [2.24, 2.45) is 0 Å². The van der Waals surface area contributed by atoms with Crippen LogP contribution < -0.4 is 9.62 Å². The number of hydrogen-bond acceptors (Lipinski definition) is 6. The lowest BCUT2D eigenvalue weighted by Gasteiger charge is -2.36. The molecule has 0 amide bonds. The van der Waals surface area contributed by atoms with E-state index >= 15 is 0 Å². The number of aliphatic hydroxyl groups is 1. The molecule has 0 saturated carbocycles. The third-order valence-electron chi connectivity index (χ3n) is 4.80. The van der Waals surface area contributed by atoms with Crippen LogP contribution in [0.2, 0.25) is 5.02 Å². The molecule has 3 heterocycles. The van der Waals surface area contributed by atoms with Crippen LogP contribution in [0, 0.1) is 5.82 Å². The molecule has 1 aliphatic heterocycles. The molecule has 2 N–H and O–H groups in total. The van der Waals surface area contributed by atoms with Gasteiger partial charge in [-0.3, -0.25) is 4.72 Å². The van der Waals surface area contributed by atoms with Gasteiger partial charge in [0.2, 0.25) is 0 Å². The quantitative estimate of drug-likeness (QED) is 0.513. The van der Waals surface area contributed by atoms with E-state index in [2.05, 4.69) is 14.7 Å². The maximum absolute atomic E-state index is 13.5. The Morgan fingerprint density at radius 1 is 1.09 bits per heavy atom. The summed E-state index contributed by atoms with van der Waals surface area (Å²) in [6.45, 7) is 0.596. The number of anilines is 2. The Bertz CT molecular complexity index is 1310. The number of pyridine rings is 2. The zero-order chi connectivity index (χ0) is 24.0. The lowest BCUT2D eigenvalue weighted by molar-refractivity contribution is -0.137. The highest BCUT2D eigenvalue weighted by molar-refractivity contribution is 7.92. The molecule has 2 aromatic heterocycles. The van der Waals surface area contributed by atoms with Crippen molar-refractivity contribution in [1.29, 1.82) is 0 Å². The first-order valence-corrected chi connectivity index (χ1v) is 11.3. The highest BCUT2D eigenvalue weighted by Crippen LogP contribution is 2.39. The van der Waals surface area contributed by atoms with E-state index in [1.165, 1.54) is 12.1 Å². The molecular formula is C20H15ClF4N4O3S. The second-order valence-corrected chi connectivity index (χ2v) is 9.25. The van der Waals surface area contributed by atoms with Crippen molar-refractivity contribution < 1.29 is 31.1 Å². The number of sulfonamides is 1. The van der Waals surface area contributed by atoms with Gasteiger partial charge in [0.1, 0.15) is 17.5 Å². The minimum absolute atomic E-state index is 0.220. The van der Waals surface area contributed by atoms with Crippen LogP contribution in [0.3, 0.4) is 0 Å². The first-order chi connectivity index (χ1) is 15.4. The Morgan fingerprint density at radius 3 is 2.45 bits per heavy atom. The minimum Gasteiger partial charge on any atom is -0.389 e. The summed E-state index contributed by atoms with van der Waals surface area (Å²) < 4.78 is 81.7. The number of hydrogen-bond donors (Lipinski definition) is 2. The normalized spacial score (nSPS) is 14.8. The summed E-state index contributed by atoms with van der Waals surface area (Å²) >= 11 is 5.93. The molecule has 1 saturated heterocycles. The standard InChI is InChI=1S/C20H15ClF4N4O3S/c21-15-8-11(22)4-5-13(15)19-14(20(23,24)25)6-7-16(26-19)28-33(31,32)18-3-1-2-17(27-18)29-9-12(30)10-29/h1-8,12,30H,9-10H2,(H,26,28). The monoisotopic (exact) mass is 502 g/mol. The summed E-state index contributed by atoms with van der Waals surface area (Å²) in [6, 6.07) is 8.52. The van der Waals surface area contributed by atoms with Crippen LogP contribution in [0.1, 0.15) is 5.56 Å². The van der Waals surface area contributed by atoms with Crippen LogP contribution in [-0.2, 0) is 16.2 Å². The molecule has 1 aliphatic rings. The van der Waals surface area contributed by atoms with Gasteiger partial charge < -0.3 is 10.0 Å². The number of aliphatic hydroxyl groups excluding tert-OH is 1. The molecule has 33 heavy (non-hydrogen) atoms. The molecule has 0 unspecified atom stereocenters. The number of alkyl halides is 3. The molecule has 174 valence electrons. The van der Waals surface area contributed by atoms with Crippen molar-refractivity contribution in [3.8, 4) is 11.3 Å². The first kappa shape index (κ1) is 23.2. The highest BCUT2D eigenvalue weighted by atomic mass is 35.5. The molecular weight excluding hydrogens is 488 g/mol. The number of nitrogens with one attached hydrogen (secondary N) is 1. The fraction of sp³-hybridized carbons (Fsp3) is 0.200. The molecule has 0 bridgehead atoms. The van der Waals surface area contributed by atoms with Crippen molar-refractivity contribution in [1.82, 2.24) is 9.97 Å². The van der Waals surface area contributed by atoms with Crippen LogP contribution in [-0.4, -0.2) is 42.7 Å². The van der Waals surface area contributed by atoms with Gasteiger partial charge in [-0.05, 0) is 42.5 Å². The Hall–Kier alpha value is -2.96. The van der Waals surface area contributed by atoms with Gasteiger partial charge in [0.05, 0.1) is 22.4 Å². The van der Waals surface area contributed by atoms with Gasteiger partial charge in [0.15, 0.2) is 5.03 Å². The number of β-amino-alcohol motifs (C(OH)–C–C–N with tert-alkyl or cyclic N) is 1. The molecule has 0 aliphatic carbocycles. The van der Waals surface area contributed by atoms with Crippen molar-refractivity contribution in [2.45, 2.75) is 17.3 Å². The molecule has 4 rings (SSSR count). The lowest BCUT2D eigenvalue weighted by Crippen LogP contribution is -2.51. The maximum Gasteiger partial charge on any atom is 0.418 e. The van der Waals surface area contributed by atoms with Gasteiger partial charge in [-0.15, -0.1) is 0 Å². The van der Waals surface area contributed by atoms with E-state index in [0.29, 0.717) is 25.0 Å². The van der Waals surface area contributed by atoms with Crippen molar-refractivity contribution in [2.75, 3.05) is 22.7 Å². The molecule has 1 fully saturated rings. The molecule has 0 spiro atoms. The summed E-state index contributed by atoms with van der Waals surface area (Å²) in [5, 5.41) is 8.71. The molecule has 0 atom stereocenters. The largest absolute Gasteiger partial charge is 0.418 e. The summed E-state index contributed by atoms with van der Waals surface area (Å²) in [6.07, 6.45) is -5.35. The molecule has 0 radical (unpaired) electrons. The van der Waals surface area contributed by atoms with Crippen molar-refractivity contribution in [3.05, 3.63) is 64.9 Å². The summed E-state index contributed by atoms with van der Waals surface area (Å²) in [5.41, 5.74) is -2.05. The number of nitrogens with zero attached hydrogens (tertiary/aromatic N) is 3. The van der Waals surface area contributed by atoms with Gasteiger partial charge in [0.25, 0.3) is 10.0 Å². The second kappa shape index (κ2) is 8.43. The van der Waals surface area contributed by atoms with E-state index in [9.17, 15) is 31.1 Å². The summed E-state index contributed by atoms with van der Waals surface area (Å²) in [7, 11) is -4.32. The number of rotatable bonds is 5. The van der Waals surface area contributed by atoms with Crippen LogP contribution in [0.15, 0.2) is 53.6 Å².